The van der Waals surface area contributed by atoms with Crippen molar-refractivity contribution < 1.29 is 4.74 Å². The first-order valence-electron chi connectivity index (χ1n) is 10.4. The van der Waals surface area contributed by atoms with Gasteiger partial charge in [0.2, 0.25) is 0 Å². The van der Waals surface area contributed by atoms with Gasteiger partial charge < -0.3 is 19.9 Å². The van der Waals surface area contributed by atoms with E-state index in [0.29, 0.717) is 0 Å². The zero-order valence-corrected chi connectivity index (χ0v) is 19.4. The number of halogens is 1. The van der Waals surface area contributed by atoms with Crippen LogP contribution in [0.2, 0.25) is 0 Å². The van der Waals surface area contributed by atoms with Crippen LogP contribution in [0.5, 0.6) is 0 Å². The largest absolute Gasteiger partial charge is 0.379 e. The van der Waals surface area contributed by atoms with Crippen molar-refractivity contribution >= 4 is 29.9 Å². The highest BCUT2D eigenvalue weighted by Gasteiger charge is 2.38. The summed E-state index contributed by atoms with van der Waals surface area (Å²) >= 11 is 0. The third-order valence-corrected chi connectivity index (χ3v) is 5.88. The number of hydrogen-bond donors (Lipinski definition) is 2. The maximum absolute atomic E-state index is 5.58. The molecule has 2 N–H and O–H groups in total. The maximum Gasteiger partial charge on any atom is 0.191 e. The molecule has 0 radical (unpaired) electrons. The summed E-state index contributed by atoms with van der Waals surface area (Å²) in [5.74, 6) is 0.914. The van der Waals surface area contributed by atoms with Crippen molar-refractivity contribution in [3.05, 3.63) is 12.7 Å². The zero-order chi connectivity index (χ0) is 18.8. The Morgan fingerprint density at radius 3 is 2.46 bits per heavy atom. The quantitative estimate of drug-likeness (QED) is 0.243. The fraction of sp³-hybridized carbons (Fsp3) is 0.842. The van der Waals surface area contributed by atoms with Crippen molar-refractivity contribution in [2.45, 2.75) is 57.0 Å². The van der Waals surface area contributed by atoms with E-state index in [1.807, 2.05) is 11.6 Å². The van der Waals surface area contributed by atoms with Crippen molar-refractivity contribution in [2.75, 3.05) is 46.4 Å². The van der Waals surface area contributed by atoms with E-state index < -0.39 is 0 Å². The summed E-state index contributed by atoms with van der Waals surface area (Å²) in [6.07, 6.45) is 12.3. The van der Waals surface area contributed by atoms with Crippen molar-refractivity contribution in [1.82, 2.24) is 30.3 Å². The number of hydrogen-bond acceptors (Lipinski definition) is 5. The first kappa shape index (κ1) is 23.3. The first-order valence-corrected chi connectivity index (χ1v) is 10.4. The van der Waals surface area contributed by atoms with Crippen LogP contribution in [0.15, 0.2) is 17.6 Å². The number of morpholine rings is 1. The number of nitrogens with zero attached hydrogens (tertiary/aromatic N) is 5. The van der Waals surface area contributed by atoms with E-state index in [1.165, 1.54) is 32.1 Å². The predicted molar refractivity (Wildman–Crippen MR) is 122 cm³/mol. The van der Waals surface area contributed by atoms with Gasteiger partial charge in [-0.05, 0) is 25.7 Å². The number of rotatable bonds is 8. The molecule has 2 aliphatic rings. The van der Waals surface area contributed by atoms with Gasteiger partial charge in [0.15, 0.2) is 5.96 Å². The van der Waals surface area contributed by atoms with Crippen LogP contribution in [-0.4, -0.2) is 77.6 Å². The molecule has 1 saturated carbocycles. The van der Waals surface area contributed by atoms with Crippen LogP contribution in [-0.2, 0) is 11.3 Å². The standard InChI is InChI=1S/C19H35N7O.HI/c1-20-18(21-9-5-6-10-25-16-23-24-17-25)22-15-19(7-3-2-4-8-19)26-11-13-27-14-12-26;/h16-17H,2-15H2,1H3,(H2,20,21,22);1H. The van der Waals surface area contributed by atoms with E-state index in [1.54, 1.807) is 12.7 Å². The van der Waals surface area contributed by atoms with Crippen LogP contribution < -0.4 is 10.6 Å². The Morgan fingerprint density at radius 1 is 1.07 bits per heavy atom. The van der Waals surface area contributed by atoms with E-state index in [0.717, 1.165) is 64.7 Å². The molecule has 1 saturated heterocycles. The highest BCUT2D eigenvalue weighted by molar-refractivity contribution is 14.0. The minimum Gasteiger partial charge on any atom is -0.379 e. The molecule has 28 heavy (non-hydrogen) atoms. The van der Waals surface area contributed by atoms with Crippen LogP contribution in [0.1, 0.15) is 44.9 Å². The molecule has 3 rings (SSSR count). The third kappa shape index (κ3) is 6.84. The second kappa shape index (κ2) is 12.6. The number of aliphatic imine (C=N–C) groups is 1. The lowest BCUT2D eigenvalue weighted by Crippen LogP contribution is -2.60. The maximum atomic E-state index is 5.58. The lowest BCUT2D eigenvalue weighted by molar-refractivity contribution is -0.0352. The summed E-state index contributed by atoms with van der Waals surface area (Å²) in [6.45, 7) is 6.68. The molecule has 0 bridgehead atoms. The number of aromatic nitrogens is 3. The SMILES string of the molecule is CN=C(NCCCCn1cnnc1)NCC1(N2CCOCC2)CCCCC1.I. The van der Waals surface area contributed by atoms with Crippen molar-refractivity contribution in [1.29, 1.82) is 0 Å². The lowest BCUT2D eigenvalue weighted by atomic mass is 9.80. The van der Waals surface area contributed by atoms with Gasteiger partial charge in [0.25, 0.3) is 0 Å². The van der Waals surface area contributed by atoms with E-state index in [2.05, 4.69) is 30.7 Å². The van der Waals surface area contributed by atoms with Crippen LogP contribution in [0, 0.1) is 0 Å². The average Bonchev–Trinajstić information content (AvgIpc) is 3.25. The summed E-state index contributed by atoms with van der Waals surface area (Å²) in [5, 5.41) is 14.7. The van der Waals surface area contributed by atoms with Gasteiger partial charge in [-0.1, -0.05) is 19.3 Å². The van der Waals surface area contributed by atoms with Gasteiger partial charge >= 0.3 is 0 Å². The Kier molecular flexibility index (Phi) is 10.5. The van der Waals surface area contributed by atoms with E-state index in [-0.39, 0.29) is 29.5 Å². The second-order valence-corrected chi connectivity index (χ2v) is 7.64. The number of ether oxygens (including phenoxy) is 1. The molecule has 1 aromatic heterocycles. The molecule has 0 unspecified atom stereocenters. The summed E-state index contributed by atoms with van der Waals surface area (Å²) in [4.78, 5) is 7.08. The van der Waals surface area contributed by atoms with E-state index >= 15 is 0 Å². The van der Waals surface area contributed by atoms with Gasteiger partial charge in [-0.2, -0.15) is 0 Å². The van der Waals surface area contributed by atoms with Gasteiger partial charge in [-0.3, -0.25) is 9.89 Å². The molecule has 8 nitrogen and oxygen atoms in total. The van der Waals surface area contributed by atoms with Crippen LogP contribution >= 0.6 is 24.0 Å². The van der Waals surface area contributed by atoms with Crippen LogP contribution in [0.25, 0.3) is 0 Å². The Hall–Kier alpha value is -0.940. The number of nitrogens with one attached hydrogen (secondary N) is 2. The lowest BCUT2D eigenvalue weighted by Gasteiger charge is -2.48. The second-order valence-electron chi connectivity index (χ2n) is 7.64. The molecule has 2 heterocycles. The molecule has 1 aliphatic heterocycles. The normalized spacial score (nSPS) is 20.4. The molecule has 0 aromatic carbocycles. The van der Waals surface area contributed by atoms with E-state index in [4.69, 9.17) is 4.74 Å². The number of guanidine groups is 1. The van der Waals surface area contributed by atoms with Crippen molar-refractivity contribution in [2.24, 2.45) is 4.99 Å². The number of aryl methyl sites for hydroxylation is 1. The molecular formula is C19H36IN7O. The summed E-state index contributed by atoms with van der Waals surface area (Å²) in [6, 6.07) is 0. The third-order valence-electron chi connectivity index (χ3n) is 5.88. The average molecular weight is 505 g/mol. The van der Waals surface area contributed by atoms with E-state index in [9.17, 15) is 0 Å². The van der Waals surface area contributed by atoms with Crippen LogP contribution in [0.3, 0.4) is 0 Å². The molecule has 1 aliphatic carbocycles. The fourth-order valence-corrected chi connectivity index (χ4v) is 4.28. The van der Waals surface area contributed by atoms with Gasteiger partial charge in [-0.15, -0.1) is 34.2 Å². The smallest absolute Gasteiger partial charge is 0.191 e. The Balaban J connectivity index is 0.00000280. The molecule has 0 spiro atoms. The summed E-state index contributed by atoms with van der Waals surface area (Å²) < 4.78 is 7.59. The minimum absolute atomic E-state index is 0. The van der Waals surface area contributed by atoms with Gasteiger partial charge in [-0.25, -0.2) is 0 Å². The van der Waals surface area contributed by atoms with Crippen molar-refractivity contribution in [3.63, 3.8) is 0 Å². The molecule has 0 amide bonds. The monoisotopic (exact) mass is 505 g/mol. The zero-order valence-electron chi connectivity index (χ0n) is 17.1. The first-order chi connectivity index (χ1) is 13.3. The Bertz CT molecular complexity index is 555. The highest BCUT2D eigenvalue weighted by Crippen LogP contribution is 2.33. The Morgan fingerprint density at radius 2 is 1.79 bits per heavy atom. The highest BCUT2D eigenvalue weighted by atomic mass is 127. The minimum atomic E-state index is 0. The Labute approximate surface area is 185 Å². The summed E-state index contributed by atoms with van der Waals surface area (Å²) in [5.41, 5.74) is 0.258. The molecule has 2 fully saturated rings. The van der Waals surface area contributed by atoms with Gasteiger partial charge in [0.05, 0.1) is 13.2 Å². The van der Waals surface area contributed by atoms with Gasteiger partial charge in [0.1, 0.15) is 12.7 Å². The fourth-order valence-electron chi connectivity index (χ4n) is 4.28. The summed E-state index contributed by atoms with van der Waals surface area (Å²) in [7, 11) is 1.86. The molecule has 9 heteroatoms. The van der Waals surface area contributed by atoms with Crippen molar-refractivity contribution in [3.8, 4) is 0 Å². The van der Waals surface area contributed by atoms with Crippen LogP contribution in [0.4, 0.5) is 0 Å². The molecule has 160 valence electrons. The molecular weight excluding hydrogens is 469 g/mol. The number of unbranched alkanes of at least 4 members (excludes halogenated alkanes) is 1. The topological polar surface area (TPSA) is 79.6 Å². The predicted octanol–water partition coefficient (Wildman–Crippen LogP) is 1.88. The molecule has 1 aromatic rings. The van der Waals surface area contributed by atoms with Gasteiger partial charge in [0, 0.05) is 45.3 Å². The molecule has 0 atom stereocenters.